The molecule has 4 aliphatic rings. The summed E-state index contributed by atoms with van der Waals surface area (Å²) >= 11 is 0. The highest BCUT2D eigenvalue weighted by Crippen LogP contribution is 2.47. The number of pyridine rings is 1. The number of sulfonamides is 1. The Bertz CT molecular complexity index is 1790. The Morgan fingerprint density at radius 3 is 2.67 bits per heavy atom. The molecule has 5 N–H and O–H groups in total. The van der Waals surface area contributed by atoms with Crippen LogP contribution in [-0.4, -0.2) is 82.3 Å². The largest absolute Gasteiger partial charge is 0.508 e. The van der Waals surface area contributed by atoms with Crippen LogP contribution in [0.2, 0.25) is 0 Å². The van der Waals surface area contributed by atoms with Gasteiger partial charge in [-0.15, -0.1) is 0 Å². The van der Waals surface area contributed by atoms with Crippen molar-refractivity contribution in [3.05, 3.63) is 35.9 Å². The molecule has 0 bridgehead atoms. The van der Waals surface area contributed by atoms with E-state index in [1.165, 1.54) is 4.90 Å². The smallest absolute Gasteiger partial charge is 0.259 e. The second-order valence-electron chi connectivity index (χ2n) is 14.5. The normalized spacial score (nSPS) is 28.6. The molecular weight excluding hydrogens is 650 g/mol. The number of hydrogen-bond acceptors (Lipinski definition) is 10. The Morgan fingerprint density at radius 1 is 1.20 bits per heavy atom. The molecule has 5 atom stereocenters. The number of nitrogens with zero attached hydrogens (tertiary/aromatic N) is 2. The summed E-state index contributed by atoms with van der Waals surface area (Å²) in [5, 5.41) is 13.9. The molecular formula is C35H47N5O8S. The van der Waals surface area contributed by atoms with Crippen molar-refractivity contribution in [1.29, 1.82) is 0 Å². The maximum Gasteiger partial charge on any atom is 0.259 e. The lowest BCUT2D eigenvalue weighted by molar-refractivity contribution is -0.140. The number of phenols is 1. The SMILES string of the molecule is Cc1c(O)ccc2c(OC3CC4C(=O)NC5(C(=O)NS(=O)(=O)C6(C)CC6)CC5C=CCCCCCC(N)C(=O)N4C3)cc(OC(C)C)nc12. The van der Waals surface area contributed by atoms with Crippen LogP contribution in [0.1, 0.15) is 84.1 Å². The van der Waals surface area contributed by atoms with Crippen LogP contribution in [0.5, 0.6) is 17.4 Å². The highest BCUT2D eigenvalue weighted by molar-refractivity contribution is 7.91. The van der Waals surface area contributed by atoms with Crippen molar-refractivity contribution >= 4 is 38.6 Å². The number of benzene rings is 1. The van der Waals surface area contributed by atoms with Crippen LogP contribution in [0.15, 0.2) is 30.4 Å². The molecule has 3 heterocycles. The van der Waals surface area contributed by atoms with Crippen LogP contribution < -0.4 is 25.2 Å². The van der Waals surface area contributed by atoms with E-state index in [9.17, 15) is 27.9 Å². The standard InChI is InChI=1S/C35H47N5O8S/c1-20(2)47-29-17-28(24-12-13-27(41)21(3)30(24)37-29)48-23-16-26-31(42)38-35(33(44)39-49(45,46)34(4)14-15-34)18-22(35)10-8-6-5-7-9-11-25(36)32(43)40(26)19-23/h8,10,12-13,17,20,22-23,25-26,41H,5-7,9,11,14-16,18-19,36H2,1-4H3,(H,38,42)(H,39,44). The van der Waals surface area contributed by atoms with Crippen molar-refractivity contribution in [3.63, 3.8) is 0 Å². The average Bonchev–Trinajstić information content (AvgIpc) is 3.91. The van der Waals surface area contributed by atoms with Gasteiger partial charge in [0.15, 0.2) is 0 Å². The molecule has 1 aromatic heterocycles. The monoisotopic (exact) mass is 697 g/mol. The van der Waals surface area contributed by atoms with E-state index in [2.05, 4.69) is 15.0 Å². The van der Waals surface area contributed by atoms with Gasteiger partial charge in [0.1, 0.15) is 29.2 Å². The van der Waals surface area contributed by atoms with Gasteiger partial charge >= 0.3 is 0 Å². The topological polar surface area (TPSA) is 190 Å². The summed E-state index contributed by atoms with van der Waals surface area (Å²) in [4.78, 5) is 47.7. The first-order chi connectivity index (χ1) is 23.1. The molecule has 49 heavy (non-hydrogen) atoms. The van der Waals surface area contributed by atoms with Gasteiger partial charge in [0.05, 0.1) is 29.0 Å². The maximum atomic E-state index is 14.2. The summed E-state index contributed by atoms with van der Waals surface area (Å²) in [6.07, 6.45) is 7.94. The van der Waals surface area contributed by atoms with Gasteiger partial charge < -0.3 is 30.5 Å². The quantitative estimate of drug-likeness (QED) is 0.313. The number of amides is 3. The lowest BCUT2D eigenvalue weighted by Crippen LogP contribution is -2.58. The number of aromatic nitrogens is 1. The van der Waals surface area contributed by atoms with Crippen molar-refractivity contribution in [2.24, 2.45) is 11.7 Å². The predicted molar refractivity (Wildman–Crippen MR) is 182 cm³/mol. The fourth-order valence-electron chi connectivity index (χ4n) is 6.78. The first-order valence-electron chi connectivity index (χ1n) is 17.2. The molecule has 0 spiro atoms. The van der Waals surface area contributed by atoms with Gasteiger partial charge in [-0.3, -0.25) is 19.1 Å². The molecule has 6 rings (SSSR count). The molecule has 14 heteroatoms. The minimum Gasteiger partial charge on any atom is -0.508 e. The molecule has 0 radical (unpaired) electrons. The third-order valence-corrected chi connectivity index (χ3v) is 12.5. The lowest BCUT2D eigenvalue weighted by atomic mass is 10.1. The predicted octanol–water partition coefficient (Wildman–Crippen LogP) is 3.11. The average molecular weight is 698 g/mol. The molecule has 1 saturated heterocycles. The number of rotatable bonds is 7. The van der Waals surface area contributed by atoms with Gasteiger partial charge in [-0.25, -0.2) is 13.4 Å². The summed E-state index contributed by atoms with van der Waals surface area (Å²) in [5.74, 6) is -1.36. The number of aryl methyl sites for hydroxylation is 1. The number of hydrogen-bond donors (Lipinski definition) is 4. The van der Waals surface area contributed by atoms with Crippen molar-refractivity contribution in [2.75, 3.05) is 6.54 Å². The van der Waals surface area contributed by atoms with Crippen LogP contribution in [0.3, 0.4) is 0 Å². The zero-order valence-electron chi connectivity index (χ0n) is 28.5. The first-order valence-corrected chi connectivity index (χ1v) is 18.7. The number of phenolic OH excluding ortho intramolecular Hbond substituents is 1. The second kappa shape index (κ2) is 13.1. The minimum atomic E-state index is -3.95. The van der Waals surface area contributed by atoms with E-state index >= 15 is 0 Å². The van der Waals surface area contributed by atoms with Gasteiger partial charge in [0.25, 0.3) is 5.91 Å². The number of carbonyl (C=O) groups excluding carboxylic acids is 3. The van der Waals surface area contributed by atoms with Crippen molar-refractivity contribution in [1.82, 2.24) is 19.9 Å². The van der Waals surface area contributed by atoms with Crippen molar-refractivity contribution in [3.8, 4) is 17.4 Å². The van der Waals surface area contributed by atoms with E-state index in [0.29, 0.717) is 47.4 Å². The molecule has 13 nitrogen and oxygen atoms in total. The third-order valence-electron chi connectivity index (χ3n) is 10.3. The lowest BCUT2D eigenvalue weighted by Gasteiger charge is -2.28. The first kappa shape index (κ1) is 34.9. The number of fused-ring (bicyclic) bond motifs is 3. The summed E-state index contributed by atoms with van der Waals surface area (Å²) in [6.45, 7) is 7.13. The summed E-state index contributed by atoms with van der Waals surface area (Å²) < 4.78 is 39.7. The second-order valence-corrected chi connectivity index (χ2v) is 16.7. The van der Waals surface area contributed by atoms with Gasteiger partial charge in [-0.05, 0) is 78.4 Å². The van der Waals surface area contributed by atoms with Gasteiger partial charge in [0, 0.05) is 29.4 Å². The zero-order chi connectivity index (χ0) is 35.3. The number of allylic oxidation sites excluding steroid dienone is 1. The van der Waals surface area contributed by atoms with E-state index in [0.717, 1.165) is 25.7 Å². The summed E-state index contributed by atoms with van der Waals surface area (Å²) in [5.41, 5.74) is 5.97. The van der Waals surface area contributed by atoms with E-state index < -0.39 is 62.1 Å². The van der Waals surface area contributed by atoms with Crippen LogP contribution >= 0.6 is 0 Å². The molecule has 2 aliphatic heterocycles. The van der Waals surface area contributed by atoms with Crippen molar-refractivity contribution < 1.29 is 37.4 Å². The van der Waals surface area contributed by atoms with E-state index in [4.69, 9.17) is 15.2 Å². The number of nitrogens with one attached hydrogen (secondary N) is 2. The Kier molecular flexibility index (Phi) is 9.33. The highest BCUT2D eigenvalue weighted by atomic mass is 32.2. The number of nitrogens with two attached hydrogens (primary N) is 1. The molecule has 2 aliphatic carbocycles. The highest BCUT2D eigenvalue weighted by Gasteiger charge is 2.63. The Hall–Kier alpha value is -3.91. The van der Waals surface area contributed by atoms with E-state index in [-0.39, 0.29) is 31.2 Å². The molecule has 2 aromatic rings. The van der Waals surface area contributed by atoms with Gasteiger partial charge in [-0.1, -0.05) is 25.0 Å². The molecule has 266 valence electrons. The van der Waals surface area contributed by atoms with Gasteiger partial charge in [-0.2, -0.15) is 0 Å². The Labute approximate surface area is 287 Å². The summed E-state index contributed by atoms with van der Waals surface area (Å²) in [6, 6.07) is 3.05. The zero-order valence-corrected chi connectivity index (χ0v) is 29.3. The molecule has 3 amide bonds. The van der Waals surface area contributed by atoms with Crippen LogP contribution in [-0.2, 0) is 24.4 Å². The van der Waals surface area contributed by atoms with Gasteiger partial charge in [0.2, 0.25) is 27.7 Å². The molecule has 1 aromatic carbocycles. The molecule has 5 unspecified atom stereocenters. The molecule has 2 saturated carbocycles. The number of carbonyl (C=O) groups is 3. The fraction of sp³-hybridized carbons (Fsp3) is 0.600. The molecule has 3 fully saturated rings. The third kappa shape index (κ3) is 6.94. The van der Waals surface area contributed by atoms with E-state index in [1.807, 2.05) is 26.0 Å². The number of aromatic hydroxyl groups is 1. The Morgan fingerprint density at radius 2 is 1.96 bits per heavy atom. The number of ether oxygens (including phenoxy) is 2. The van der Waals surface area contributed by atoms with Crippen LogP contribution in [0.25, 0.3) is 10.9 Å². The van der Waals surface area contributed by atoms with Crippen LogP contribution in [0, 0.1) is 12.8 Å². The maximum absolute atomic E-state index is 14.2. The Balaban J connectivity index is 1.31. The fourth-order valence-corrected chi connectivity index (χ4v) is 8.10. The van der Waals surface area contributed by atoms with Crippen LogP contribution in [0.4, 0.5) is 0 Å². The minimum absolute atomic E-state index is 0.0567. The van der Waals surface area contributed by atoms with Crippen molar-refractivity contribution in [2.45, 2.75) is 120 Å². The summed E-state index contributed by atoms with van der Waals surface area (Å²) in [7, 11) is -3.95. The van der Waals surface area contributed by atoms with E-state index in [1.54, 1.807) is 32.0 Å².